The molecular weight excluding hydrogens is 276 g/mol. The molecule has 2 rings (SSSR count). The first-order valence-electron chi connectivity index (χ1n) is 6.14. The van der Waals surface area contributed by atoms with Gasteiger partial charge in [0.25, 0.3) is 0 Å². The summed E-state index contributed by atoms with van der Waals surface area (Å²) in [4.78, 5) is 0. The summed E-state index contributed by atoms with van der Waals surface area (Å²) in [6.45, 7) is 0. The molecule has 4 N–H and O–H groups in total. The molecule has 21 heavy (non-hydrogen) atoms. The van der Waals surface area contributed by atoms with Gasteiger partial charge in [0.1, 0.15) is 0 Å². The Morgan fingerprint density at radius 2 is 1.38 bits per heavy atom. The summed E-state index contributed by atoms with van der Waals surface area (Å²) >= 11 is 0. The second-order valence-corrected chi connectivity index (χ2v) is 4.47. The summed E-state index contributed by atoms with van der Waals surface area (Å²) in [6.07, 6.45) is 0.257. The van der Waals surface area contributed by atoms with Gasteiger partial charge in [-0.15, -0.1) is 0 Å². The van der Waals surface area contributed by atoms with Crippen molar-refractivity contribution in [2.75, 3.05) is 14.2 Å². The van der Waals surface area contributed by atoms with Gasteiger partial charge in [-0.3, -0.25) is 0 Å². The summed E-state index contributed by atoms with van der Waals surface area (Å²) in [7, 11) is 2.84. The first kappa shape index (κ1) is 14.6. The predicted octanol–water partition coefficient (Wildman–Crippen LogP) is 2.12. The third kappa shape index (κ3) is 2.74. The molecule has 0 aromatic heterocycles. The minimum atomic E-state index is -0.565. The summed E-state index contributed by atoms with van der Waals surface area (Å²) in [5.74, 6) is -0.969. The first-order chi connectivity index (χ1) is 9.97. The third-order valence-corrected chi connectivity index (χ3v) is 3.15. The van der Waals surface area contributed by atoms with Crippen molar-refractivity contribution in [2.45, 2.75) is 6.42 Å². The van der Waals surface area contributed by atoms with Crippen LogP contribution in [0.25, 0.3) is 0 Å². The molecule has 0 unspecified atom stereocenters. The van der Waals surface area contributed by atoms with E-state index in [1.807, 2.05) is 0 Å². The lowest BCUT2D eigenvalue weighted by atomic mass is 10.0. The van der Waals surface area contributed by atoms with Gasteiger partial charge in [0.2, 0.25) is 11.5 Å². The molecule has 0 spiro atoms. The van der Waals surface area contributed by atoms with Gasteiger partial charge in [-0.25, -0.2) is 0 Å². The Kier molecular flexibility index (Phi) is 3.98. The lowest BCUT2D eigenvalue weighted by Crippen LogP contribution is -1.94. The van der Waals surface area contributed by atoms with E-state index in [4.69, 9.17) is 9.47 Å². The summed E-state index contributed by atoms with van der Waals surface area (Å²) in [5, 5.41) is 38.5. The van der Waals surface area contributed by atoms with Gasteiger partial charge in [-0.1, -0.05) is 6.07 Å². The number of phenols is 4. The van der Waals surface area contributed by atoms with E-state index in [0.29, 0.717) is 11.1 Å². The van der Waals surface area contributed by atoms with Crippen LogP contribution < -0.4 is 9.47 Å². The van der Waals surface area contributed by atoms with Crippen LogP contribution in [0.5, 0.6) is 34.5 Å². The minimum Gasteiger partial charge on any atom is -0.504 e. The molecule has 0 aliphatic rings. The minimum absolute atomic E-state index is 0.110. The number of aromatic hydroxyl groups is 4. The fourth-order valence-electron chi connectivity index (χ4n) is 2.02. The molecule has 0 atom stereocenters. The molecule has 0 saturated heterocycles. The van der Waals surface area contributed by atoms with E-state index < -0.39 is 11.5 Å². The highest BCUT2D eigenvalue weighted by Gasteiger charge is 2.15. The Labute approximate surface area is 121 Å². The Hall–Kier alpha value is -2.76. The molecule has 6 nitrogen and oxygen atoms in total. The second-order valence-electron chi connectivity index (χ2n) is 4.47. The van der Waals surface area contributed by atoms with Crippen molar-refractivity contribution in [3.63, 3.8) is 0 Å². The smallest absolute Gasteiger partial charge is 0.200 e. The molecule has 0 saturated carbocycles. The third-order valence-electron chi connectivity index (χ3n) is 3.15. The Morgan fingerprint density at radius 3 is 1.90 bits per heavy atom. The van der Waals surface area contributed by atoms with Crippen LogP contribution in [0, 0.1) is 0 Å². The summed E-state index contributed by atoms with van der Waals surface area (Å²) in [5.41, 5.74) is 1.11. The van der Waals surface area contributed by atoms with Gasteiger partial charge in [0, 0.05) is 12.0 Å². The SMILES string of the molecule is COc1cc(Cc2ccc(O)c(O)c2O)cc(OC)c1O. The fraction of sp³-hybridized carbons (Fsp3) is 0.200. The van der Waals surface area contributed by atoms with Crippen LogP contribution in [-0.2, 0) is 6.42 Å². The maximum absolute atomic E-state index is 9.84. The number of methoxy groups -OCH3 is 2. The highest BCUT2D eigenvalue weighted by Crippen LogP contribution is 2.40. The van der Waals surface area contributed by atoms with Crippen molar-refractivity contribution in [3.05, 3.63) is 35.4 Å². The van der Waals surface area contributed by atoms with Crippen LogP contribution in [-0.4, -0.2) is 34.6 Å². The highest BCUT2D eigenvalue weighted by atomic mass is 16.5. The molecule has 2 aromatic rings. The van der Waals surface area contributed by atoms with Gasteiger partial charge in [0.05, 0.1) is 14.2 Å². The zero-order valence-corrected chi connectivity index (χ0v) is 11.6. The van der Waals surface area contributed by atoms with E-state index >= 15 is 0 Å². The molecule has 0 amide bonds. The van der Waals surface area contributed by atoms with E-state index in [-0.39, 0.29) is 29.4 Å². The standard InChI is InChI=1S/C15H16O6/c1-20-11-6-8(7-12(21-2)15(11)19)5-9-3-4-10(16)14(18)13(9)17/h3-4,6-7,16-19H,5H2,1-2H3. The molecule has 0 heterocycles. The van der Waals surface area contributed by atoms with E-state index in [0.717, 1.165) is 0 Å². The maximum Gasteiger partial charge on any atom is 0.200 e. The van der Waals surface area contributed by atoms with E-state index in [2.05, 4.69) is 0 Å². The topological polar surface area (TPSA) is 99.4 Å². The second kappa shape index (κ2) is 5.70. The number of hydrogen-bond acceptors (Lipinski definition) is 6. The molecule has 2 aromatic carbocycles. The molecule has 0 fully saturated rings. The van der Waals surface area contributed by atoms with E-state index in [1.54, 1.807) is 12.1 Å². The number of phenolic OH excluding ortho intramolecular Hbond substituents is 4. The van der Waals surface area contributed by atoms with Crippen molar-refractivity contribution >= 4 is 0 Å². The maximum atomic E-state index is 9.84. The monoisotopic (exact) mass is 292 g/mol. The predicted molar refractivity (Wildman–Crippen MR) is 75.5 cm³/mol. The van der Waals surface area contributed by atoms with Gasteiger partial charge < -0.3 is 29.9 Å². The number of ether oxygens (including phenoxy) is 2. The molecule has 0 aliphatic heterocycles. The van der Waals surface area contributed by atoms with Crippen LogP contribution in [0.15, 0.2) is 24.3 Å². The zero-order chi connectivity index (χ0) is 15.6. The largest absolute Gasteiger partial charge is 0.504 e. The van der Waals surface area contributed by atoms with Crippen molar-refractivity contribution < 1.29 is 29.9 Å². The van der Waals surface area contributed by atoms with Crippen molar-refractivity contribution in [2.24, 2.45) is 0 Å². The van der Waals surface area contributed by atoms with Crippen LogP contribution in [0.1, 0.15) is 11.1 Å². The number of rotatable bonds is 4. The molecule has 0 radical (unpaired) electrons. The average molecular weight is 292 g/mol. The zero-order valence-electron chi connectivity index (χ0n) is 11.6. The Morgan fingerprint density at radius 1 is 0.810 bits per heavy atom. The normalized spacial score (nSPS) is 10.4. The van der Waals surface area contributed by atoms with Crippen molar-refractivity contribution in [3.8, 4) is 34.5 Å². The average Bonchev–Trinajstić information content (AvgIpc) is 2.49. The van der Waals surface area contributed by atoms with Crippen LogP contribution in [0.4, 0.5) is 0 Å². The number of hydrogen-bond donors (Lipinski definition) is 4. The highest BCUT2D eigenvalue weighted by molar-refractivity contribution is 5.57. The Balaban J connectivity index is 2.42. The summed E-state index contributed by atoms with van der Waals surface area (Å²) in [6, 6.07) is 5.98. The fourth-order valence-corrected chi connectivity index (χ4v) is 2.02. The van der Waals surface area contributed by atoms with E-state index in [9.17, 15) is 20.4 Å². The first-order valence-corrected chi connectivity index (χ1v) is 6.14. The molecule has 0 aliphatic carbocycles. The Bertz CT molecular complexity index is 640. The van der Waals surface area contributed by atoms with Gasteiger partial charge >= 0.3 is 0 Å². The number of benzene rings is 2. The van der Waals surface area contributed by atoms with Gasteiger partial charge in [-0.05, 0) is 23.8 Å². The van der Waals surface area contributed by atoms with E-state index in [1.165, 1.54) is 26.4 Å². The van der Waals surface area contributed by atoms with Crippen LogP contribution in [0.3, 0.4) is 0 Å². The molecule has 6 heteroatoms. The summed E-state index contributed by atoms with van der Waals surface area (Å²) < 4.78 is 10.1. The molecule has 112 valence electrons. The van der Waals surface area contributed by atoms with Gasteiger partial charge in [-0.2, -0.15) is 0 Å². The van der Waals surface area contributed by atoms with Crippen LogP contribution in [0.2, 0.25) is 0 Å². The quantitative estimate of drug-likeness (QED) is 0.644. The van der Waals surface area contributed by atoms with Crippen molar-refractivity contribution in [1.82, 2.24) is 0 Å². The van der Waals surface area contributed by atoms with Gasteiger partial charge in [0.15, 0.2) is 23.0 Å². The molecular formula is C15H16O6. The lowest BCUT2D eigenvalue weighted by molar-refractivity contribution is 0.339. The van der Waals surface area contributed by atoms with Crippen molar-refractivity contribution in [1.29, 1.82) is 0 Å². The van der Waals surface area contributed by atoms with Crippen LogP contribution >= 0.6 is 0 Å². The lowest BCUT2D eigenvalue weighted by Gasteiger charge is -2.12. The molecule has 0 bridgehead atoms.